The number of hydrogen-bond acceptors (Lipinski definition) is 6. The van der Waals surface area contributed by atoms with Crippen LogP contribution in [0.3, 0.4) is 0 Å². The molecule has 9 nitrogen and oxygen atoms in total. The fraction of sp³-hybridized carbons (Fsp3) is 0.263. The molecule has 0 aliphatic heterocycles. The Balaban J connectivity index is 1.63. The Morgan fingerprint density at radius 2 is 1.93 bits per heavy atom. The molecule has 1 aromatic carbocycles. The van der Waals surface area contributed by atoms with Crippen molar-refractivity contribution in [3.05, 3.63) is 57.8 Å². The van der Waals surface area contributed by atoms with Crippen LogP contribution in [0.15, 0.2) is 39.8 Å². The van der Waals surface area contributed by atoms with Crippen molar-refractivity contribution in [1.82, 2.24) is 20.2 Å². The zero-order valence-electron chi connectivity index (χ0n) is 15.7. The number of ether oxygens (including phenoxy) is 1. The van der Waals surface area contributed by atoms with Crippen LogP contribution in [-0.2, 0) is 18.4 Å². The first-order valence-corrected chi connectivity index (χ1v) is 8.53. The summed E-state index contributed by atoms with van der Waals surface area (Å²) in [7, 11) is 3.11. The van der Waals surface area contributed by atoms with Crippen LogP contribution in [0.25, 0.3) is 11.1 Å². The number of aromatic nitrogens is 2. The van der Waals surface area contributed by atoms with E-state index in [-0.39, 0.29) is 34.9 Å². The van der Waals surface area contributed by atoms with E-state index in [0.717, 1.165) is 11.3 Å². The lowest BCUT2D eigenvalue weighted by atomic mass is 10.2. The molecule has 0 radical (unpaired) electrons. The number of methoxy groups -OCH3 is 1. The third-order valence-corrected chi connectivity index (χ3v) is 4.23. The lowest BCUT2D eigenvalue weighted by Gasteiger charge is -2.08. The number of amides is 2. The van der Waals surface area contributed by atoms with Crippen molar-refractivity contribution in [3.8, 4) is 5.75 Å². The molecule has 146 valence electrons. The maximum Gasteiger partial charge on any atom is 0.265 e. The predicted octanol–water partition coefficient (Wildman–Crippen LogP) is 0.890. The summed E-state index contributed by atoms with van der Waals surface area (Å²) in [6.45, 7) is 1.65. The van der Waals surface area contributed by atoms with Gasteiger partial charge in [0, 0.05) is 13.6 Å². The van der Waals surface area contributed by atoms with Crippen molar-refractivity contribution in [2.45, 2.75) is 13.5 Å². The zero-order valence-corrected chi connectivity index (χ0v) is 15.7. The van der Waals surface area contributed by atoms with Crippen molar-refractivity contribution in [2.75, 3.05) is 13.7 Å². The van der Waals surface area contributed by atoms with Gasteiger partial charge in [-0.1, -0.05) is 12.1 Å². The van der Waals surface area contributed by atoms with Gasteiger partial charge in [-0.2, -0.15) is 0 Å². The van der Waals surface area contributed by atoms with Gasteiger partial charge in [-0.05, 0) is 24.6 Å². The smallest absolute Gasteiger partial charge is 0.265 e. The van der Waals surface area contributed by atoms with Crippen LogP contribution in [0.5, 0.6) is 5.75 Å². The first kappa shape index (κ1) is 19.2. The minimum absolute atomic E-state index is 0.0895. The van der Waals surface area contributed by atoms with Gasteiger partial charge in [-0.3, -0.25) is 14.4 Å². The maximum atomic E-state index is 12.5. The maximum absolute atomic E-state index is 12.5. The number of carbonyl (C=O) groups excluding carboxylic acids is 2. The van der Waals surface area contributed by atoms with Crippen LogP contribution in [0.4, 0.5) is 0 Å². The number of rotatable bonds is 6. The van der Waals surface area contributed by atoms with Gasteiger partial charge in [0.2, 0.25) is 11.6 Å². The summed E-state index contributed by atoms with van der Waals surface area (Å²) in [6.07, 6.45) is 1.32. The molecule has 9 heteroatoms. The van der Waals surface area contributed by atoms with Crippen LogP contribution >= 0.6 is 0 Å². The number of carbonyl (C=O) groups is 2. The van der Waals surface area contributed by atoms with Crippen molar-refractivity contribution >= 4 is 22.9 Å². The number of nitrogens with one attached hydrogen (secondary N) is 2. The standard InChI is InChI=1S/C19H20N4O5/c1-11-15(16-18(28-11)22-10-23(2)19(16)26)17(25)21-9-14(24)20-8-12-4-6-13(27-3)7-5-12/h4-7,10H,8-9H2,1-3H3,(H,20,24)(H,21,25). The third kappa shape index (κ3) is 3.88. The molecule has 0 aliphatic rings. The van der Waals surface area contributed by atoms with Crippen molar-refractivity contribution < 1.29 is 18.7 Å². The number of hydrogen-bond donors (Lipinski definition) is 2. The van der Waals surface area contributed by atoms with E-state index in [9.17, 15) is 14.4 Å². The molecule has 0 aliphatic carbocycles. The summed E-state index contributed by atoms with van der Waals surface area (Å²) >= 11 is 0. The molecule has 0 unspecified atom stereocenters. The summed E-state index contributed by atoms with van der Waals surface area (Å²) in [6, 6.07) is 7.26. The normalized spacial score (nSPS) is 10.7. The van der Waals surface area contributed by atoms with Gasteiger partial charge in [-0.15, -0.1) is 0 Å². The number of benzene rings is 1. The van der Waals surface area contributed by atoms with Gasteiger partial charge in [0.1, 0.15) is 23.2 Å². The molecule has 3 aromatic rings. The van der Waals surface area contributed by atoms with Crippen LogP contribution in [0, 0.1) is 6.92 Å². The number of nitrogens with zero attached hydrogens (tertiary/aromatic N) is 2. The summed E-state index contributed by atoms with van der Waals surface area (Å²) < 4.78 is 11.7. The summed E-state index contributed by atoms with van der Waals surface area (Å²) in [5, 5.41) is 5.32. The third-order valence-electron chi connectivity index (χ3n) is 4.23. The molecule has 2 heterocycles. The topological polar surface area (TPSA) is 115 Å². The van der Waals surface area contributed by atoms with Crippen LogP contribution in [0.1, 0.15) is 21.7 Å². The van der Waals surface area contributed by atoms with E-state index in [2.05, 4.69) is 15.6 Å². The van der Waals surface area contributed by atoms with E-state index < -0.39 is 11.5 Å². The van der Waals surface area contributed by atoms with Crippen LogP contribution in [0.2, 0.25) is 0 Å². The lowest BCUT2D eigenvalue weighted by Crippen LogP contribution is -2.37. The van der Waals surface area contributed by atoms with Crippen molar-refractivity contribution in [3.63, 3.8) is 0 Å². The SMILES string of the molecule is COc1ccc(CNC(=O)CNC(=O)c2c(C)oc3ncn(C)c(=O)c23)cc1. The molecule has 0 bridgehead atoms. The first-order valence-electron chi connectivity index (χ1n) is 8.53. The molecule has 0 saturated heterocycles. The van der Waals surface area contributed by atoms with Crippen molar-refractivity contribution in [2.24, 2.45) is 7.05 Å². The van der Waals surface area contributed by atoms with Gasteiger partial charge < -0.3 is 24.4 Å². The molecule has 0 saturated carbocycles. The average Bonchev–Trinajstić information content (AvgIpc) is 3.04. The molecular formula is C19H20N4O5. The highest BCUT2D eigenvalue weighted by Gasteiger charge is 2.22. The number of aryl methyl sites for hydroxylation is 2. The van der Waals surface area contributed by atoms with E-state index in [4.69, 9.17) is 9.15 Å². The van der Waals surface area contributed by atoms with E-state index in [1.165, 1.54) is 17.9 Å². The second-order valence-electron chi connectivity index (χ2n) is 6.18. The first-order chi connectivity index (χ1) is 13.4. The van der Waals surface area contributed by atoms with Crippen molar-refractivity contribution in [1.29, 1.82) is 0 Å². The average molecular weight is 384 g/mol. The van der Waals surface area contributed by atoms with Crippen LogP contribution in [-0.4, -0.2) is 35.0 Å². The summed E-state index contributed by atoms with van der Waals surface area (Å²) in [5.74, 6) is 0.0641. The predicted molar refractivity (Wildman–Crippen MR) is 101 cm³/mol. The van der Waals surface area contributed by atoms with Gasteiger partial charge in [-0.25, -0.2) is 4.98 Å². The highest BCUT2D eigenvalue weighted by Crippen LogP contribution is 2.20. The lowest BCUT2D eigenvalue weighted by molar-refractivity contribution is -0.120. The Kier molecular flexibility index (Phi) is 5.44. The van der Waals surface area contributed by atoms with Gasteiger partial charge in [0.05, 0.1) is 19.2 Å². The van der Waals surface area contributed by atoms with E-state index in [0.29, 0.717) is 6.54 Å². The molecule has 2 N–H and O–H groups in total. The molecule has 0 spiro atoms. The van der Waals surface area contributed by atoms with E-state index in [1.54, 1.807) is 26.2 Å². The number of furan rings is 1. The Hall–Kier alpha value is -3.62. The highest BCUT2D eigenvalue weighted by molar-refractivity contribution is 6.07. The molecular weight excluding hydrogens is 364 g/mol. The molecule has 0 fully saturated rings. The minimum Gasteiger partial charge on any atom is -0.497 e. The molecule has 3 rings (SSSR count). The Morgan fingerprint density at radius 1 is 1.21 bits per heavy atom. The highest BCUT2D eigenvalue weighted by atomic mass is 16.5. The molecule has 28 heavy (non-hydrogen) atoms. The zero-order chi connectivity index (χ0) is 20.3. The largest absolute Gasteiger partial charge is 0.497 e. The van der Waals surface area contributed by atoms with Gasteiger partial charge >= 0.3 is 0 Å². The van der Waals surface area contributed by atoms with Gasteiger partial charge in [0.15, 0.2) is 0 Å². The summed E-state index contributed by atoms with van der Waals surface area (Å²) in [5.41, 5.74) is 0.684. The minimum atomic E-state index is -0.569. The quantitative estimate of drug-likeness (QED) is 0.652. The fourth-order valence-electron chi connectivity index (χ4n) is 2.72. The molecule has 2 amide bonds. The summed E-state index contributed by atoms with van der Waals surface area (Å²) in [4.78, 5) is 40.9. The Labute approximate surface area is 160 Å². The Bertz CT molecular complexity index is 1080. The number of fused-ring (bicyclic) bond motifs is 1. The van der Waals surface area contributed by atoms with E-state index >= 15 is 0 Å². The molecule has 2 aromatic heterocycles. The fourth-order valence-corrected chi connectivity index (χ4v) is 2.72. The molecule has 0 atom stereocenters. The second kappa shape index (κ2) is 7.95. The van der Waals surface area contributed by atoms with E-state index in [1.807, 2.05) is 12.1 Å². The van der Waals surface area contributed by atoms with Gasteiger partial charge in [0.25, 0.3) is 11.5 Å². The monoisotopic (exact) mass is 384 g/mol. The Morgan fingerprint density at radius 3 is 2.61 bits per heavy atom. The van der Waals surface area contributed by atoms with Crippen LogP contribution < -0.4 is 20.9 Å². The second-order valence-corrected chi connectivity index (χ2v) is 6.18.